The third kappa shape index (κ3) is 5.62. The third-order valence-electron chi connectivity index (χ3n) is 3.47. The van der Waals surface area contributed by atoms with Gasteiger partial charge in [0.1, 0.15) is 5.75 Å². The Kier molecular flexibility index (Phi) is 6.90. The van der Waals surface area contributed by atoms with Crippen molar-refractivity contribution in [3.63, 3.8) is 0 Å². The Balaban J connectivity index is 2.16. The van der Waals surface area contributed by atoms with Gasteiger partial charge < -0.3 is 9.47 Å². The van der Waals surface area contributed by atoms with E-state index in [9.17, 15) is 28.1 Å². The van der Waals surface area contributed by atoms with Gasteiger partial charge in [-0.2, -0.15) is 13.2 Å². The number of halogens is 3. The van der Waals surface area contributed by atoms with E-state index in [1.807, 2.05) is 0 Å². The van der Waals surface area contributed by atoms with E-state index in [0.29, 0.717) is 16.7 Å². The third-order valence-corrected chi connectivity index (χ3v) is 4.54. The van der Waals surface area contributed by atoms with E-state index in [2.05, 4.69) is 0 Å². The van der Waals surface area contributed by atoms with E-state index >= 15 is 0 Å². The fraction of sp³-hybridized carbons (Fsp3) is 0.278. The molecule has 0 saturated heterocycles. The van der Waals surface area contributed by atoms with Crippen molar-refractivity contribution in [2.24, 2.45) is 0 Å². The van der Waals surface area contributed by atoms with Crippen LogP contribution < -0.4 is 4.74 Å². The summed E-state index contributed by atoms with van der Waals surface area (Å²) >= 11 is 0.948. The summed E-state index contributed by atoms with van der Waals surface area (Å²) in [6.07, 6.45) is -5.47. The molecule has 2 aromatic rings. The highest BCUT2D eigenvalue weighted by atomic mass is 32.2. The molecule has 0 aliphatic heterocycles. The van der Waals surface area contributed by atoms with Crippen molar-refractivity contribution in [3.8, 4) is 5.75 Å². The number of nitro groups is 1. The van der Waals surface area contributed by atoms with Crippen LogP contribution in [0.15, 0.2) is 52.3 Å². The highest BCUT2D eigenvalue weighted by Gasteiger charge is 2.33. The lowest BCUT2D eigenvalue weighted by atomic mass is 10.2. The van der Waals surface area contributed by atoms with Crippen molar-refractivity contribution in [2.45, 2.75) is 35.9 Å². The van der Waals surface area contributed by atoms with Gasteiger partial charge in [0.25, 0.3) is 5.69 Å². The normalized spacial score (nSPS) is 12.3. The van der Waals surface area contributed by atoms with Gasteiger partial charge in [0.05, 0.1) is 22.0 Å². The molecule has 6 nitrogen and oxygen atoms in total. The molecule has 2 aromatic carbocycles. The van der Waals surface area contributed by atoms with Crippen molar-refractivity contribution in [3.05, 3.63) is 58.1 Å². The SMILES string of the molecule is CCOC(=O)C(C)Oc1ccc(Sc2ccc(C(F)(F)F)cc2[N+](=O)[O-])cc1. The van der Waals surface area contributed by atoms with Crippen molar-refractivity contribution in [1.82, 2.24) is 0 Å². The van der Waals surface area contributed by atoms with Crippen LogP contribution in [0.2, 0.25) is 0 Å². The minimum absolute atomic E-state index is 0.0755. The lowest BCUT2D eigenvalue weighted by Crippen LogP contribution is -2.25. The Morgan fingerprint density at radius 2 is 1.86 bits per heavy atom. The molecule has 0 radical (unpaired) electrons. The Morgan fingerprint density at radius 3 is 2.39 bits per heavy atom. The molecule has 10 heteroatoms. The van der Waals surface area contributed by atoms with Crippen LogP contribution in [0.4, 0.5) is 18.9 Å². The average Bonchev–Trinajstić information content (AvgIpc) is 2.62. The first kappa shape index (κ1) is 21.5. The molecular formula is C18H16F3NO5S. The molecule has 0 saturated carbocycles. The molecular weight excluding hydrogens is 399 g/mol. The largest absolute Gasteiger partial charge is 0.479 e. The van der Waals surface area contributed by atoms with Gasteiger partial charge in [-0.15, -0.1) is 0 Å². The van der Waals surface area contributed by atoms with Crippen molar-refractivity contribution in [2.75, 3.05) is 6.61 Å². The number of ether oxygens (including phenoxy) is 2. The van der Waals surface area contributed by atoms with Crippen molar-refractivity contribution >= 4 is 23.4 Å². The Morgan fingerprint density at radius 1 is 1.21 bits per heavy atom. The zero-order valence-corrected chi connectivity index (χ0v) is 15.7. The second-order valence-corrected chi connectivity index (χ2v) is 6.64. The Labute approximate surface area is 162 Å². The fourth-order valence-corrected chi connectivity index (χ4v) is 3.05. The predicted molar refractivity (Wildman–Crippen MR) is 95.4 cm³/mol. The number of benzene rings is 2. The first-order valence-corrected chi connectivity index (χ1v) is 8.90. The number of rotatable bonds is 7. The van der Waals surface area contributed by atoms with Gasteiger partial charge in [0.2, 0.25) is 0 Å². The highest BCUT2D eigenvalue weighted by Crippen LogP contribution is 2.39. The number of nitrogens with zero attached hydrogens (tertiary/aromatic N) is 1. The molecule has 2 rings (SSSR count). The van der Waals surface area contributed by atoms with Crippen LogP contribution in [0.5, 0.6) is 5.75 Å². The van der Waals surface area contributed by atoms with Crippen molar-refractivity contribution < 1.29 is 32.4 Å². The molecule has 0 spiro atoms. The zero-order chi connectivity index (χ0) is 20.9. The minimum atomic E-state index is -4.66. The minimum Gasteiger partial charge on any atom is -0.479 e. The maximum atomic E-state index is 12.8. The van der Waals surface area contributed by atoms with Crippen LogP contribution >= 0.6 is 11.8 Å². The topological polar surface area (TPSA) is 78.7 Å². The maximum Gasteiger partial charge on any atom is 0.416 e. The van der Waals surface area contributed by atoms with E-state index < -0.39 is 34.4 Å². The first-order chi connectivity index (χ1) is 13.1. The summed E-state index contributed by atoms with van der Waals surface area (Å²) in [4.78, 5) is 22.5. The van der Waals surface area contributed by atoms with Gasteiger partial charge in [-0.25, -0.2) is 4.79 Å². The van der Waals surface area contributed by atoms with E-state index in [1.165, 1.54) is 6.92 Å². The number of carbonyl (C=O) groups excluding carboxylic acids is 1. The summed E-state index contributed by atoms with van der Waals surface area (Å²) in [5, 5.41) is 11.1. The standard InChI is InChI=1S/C18H16F3NO5S/c1-3-26-17(23)11(2)27-13-5-7-14(8-6-13)28-16-9-4-12(18(19,20)21)10-15(16)22(24)25/h4-11H,3H2,1-2H3. The van der Waals surface area contributed by atoms with E-state index in [1.54, 1.807) is 31.2 Å². The molecule has 28 heavy (non-hydrogen) atoms. The van der Waals surface area contributed by atoms with Crippen LogP contribution in [-0.4, -0.2) is 23.6 Å². The fourth-order valence-electron chi connectivity index (χ4n) is 2.15. The molecule has 0 fully saturated rings. The van der Waals surface area contributed by atoms with Crippen LogP contribution in [0.3, 0.4) is 0 Å². The number of hydrogen-bond donors (Lipinski definition) is 0. The number of nitro benzene ring substituents is 1. The van der Waals surface area contributed by atoms with Gasteiger partial charge in [-0.05, 0) is 50.2 Å². The number of hydrogen-bond acceptors (Lipinski definition) is 6. The summed E-state index contributed by atoms with van der Waals surface area (Å²) in [5.74, 6) is -0.131. The molecule has 0 amide bonds. The van der Waals surface area contributed by atoms with Gasteiger partial charge in [0.15, 0.2) is 6.10 Å². The maximum absolute atomic E-state index is 12.8. The average molecular weight is 415 g/mol. The summed E-state index contributed by atoms with van der Waals surface area (Å²) in [7, 11) is 0. The molecule has 0 aliphatic carbocycles. The number of alkyl halides is 3. The van der Waals surface area contributed by atoms with Gasteiger partial charge >= 0.3 is 12.1 Å². The molecule has 0 heterocycles. The Hall–Kier alpha value is -2.75. The monoisotopic (exact) mass is 415 g/mol. The summed E-state index contributed by atoms with van der Waals surface area (Å²) in [5.41, 5.74) is -1.71. The molecule has 150 valence electrons. The smallest absolute Gasteiger partial charge is 0.416 e. The quantitative estimate of drug-likeness (QED) is 0.356. The highest BCUT2D eigenvalue weighted by molar-refractivity contribution is 7.99. The molecule has 0 aromatic heterocycles. The zero-order valence-electron chi connectivity index (χ0n) is 14.9. The van der Waals surface area contributed by atoms with Gasteiger partial charge in [-0.1, -0.05) is 11.8 Å². The Bertz CT molecular complexity index is 855. The van der Waals surface area contributed by atoms with Crippen LogP contribution in [0.25, 0.3) is 0 Å². The summed E-state index contributed by atoms with van der Waals surface area (Å²) < 4.78 is 48.6. The number of carbonyl (C=O) groups is 1. The second-order valence-electron chi connectivity index (χ2n) is 5.52. The van der Waals surface area contributed by atoms with Crippen molar-refractivity contribution in [1.29, 1.82) is 0 Å². The predicted octanol–water partition coefficient (Wildman–Crippen LogP) is 5.10. The number of esters is 1. The molecule has 0 bridgehead atoms. The first-order valence-electron chi connectivity index (χ1n) is 8.08. The van der Waals surface area contributed by atoms with E-state index in [0.717, 1.165) is 23.9 Å². The summed E-state index contributed by atoms with van der Waals surface area (Å²) in [6, 6.07) is 8.65. The van der Waals surface area contributed by atoms with Gasteiger partial charge in [-0.3, -0.25) is 10.1 Å². The van der Waals surface area contributed by atoms with E-state index in [-0.39, 0.29) is 11.5 Å². The van der Waals surface area contributed by atoms with Gasteiger partial charge in [0, 0.05) is 11.0 Å². The van der Waals surface area contributed by atoms with Crippen LogP contribution in [0, 0.1) is 10.1 Å². The van der Waals surface area contributed by atoms with Crippen LogP contribution in [-0.2, 0) is 15.7 Å². The lowest BCUT2D eigenvalue weighted by molar-refractivity contribution is -0.388. The molecule has 0 N–H and O–H groups in total. The van der Waals surface area contributed by atoms with E-state index in [4.69, 9.17) is 9.47 Å². The summed E-state index contributed by atoms with van der Waals surface area (Å²) in [6.45, 7) is 3.44. The second kappa shape index (κ2) is 8.96. The molecule has 1 unspecified atom stereocenters. The lowest BCUT2D eigenvalue weighted by Gasteiger charge is -2.13. The molecule has 0 aliphatic rings. The van der Waals surface area contributed by atoms with Crippen LogP contribution in [0.1, 0.15) is 19.4 Å². The molecule has 1 atom stereocenters.